The summed E-state index contributed by atoms with van der Waals surface area (Å²) < 4.78 is 1.68. The number of anilines is 1. The maximum absolute atomic E-state index is 10.9. The van der Waals surface area contributed by atoms with Crippen LogP contribution in [-0.4, -0.2) is 39.4 Å². The van der Waals surface area contributed by atoms with Crippen LogP contribution < -0.4 is 10.6 Å². The number of rotatable bonds is 1. The van der Waals surface area contributed by atoms with Crippen molar-refractivity contribution in [3.63, 3.8) is 0 Å². The van der Waals surface area contributed by atoms with E-state index in [1.807, 2.05) is 18.8 Å². The number of hydrogen-bond acceptors (Lipinski definition) is 4. The molecule has 1 aromatic rings. The minimum Gasteiger partial charge on any atom is -0.339 e. The Balaban J connectivity index is 2.23. The largest absolute Gasteiger partial charge is 0.363 e. The normalized spacial score (nSPS) is 17.8. The van der Waals surface area contributed by atoms with E-state index in [1.54, 1.807) is 4.68 Å². The molecule has 0 aromatic carbocycles. The highest BCUT2D eigenvalue weighted by atomic mass is 32.2. The lowest BCUT2D eigenvalue weighted by atomic mass is 10.5. The van der Waals surface area contributed by atoms with Crippen molar-refractivity contribution in [3.05, 3.63) is 10.5 Å². The minimum atomic E-state index is -0.268. The number of H-pyrrole nitrogens is 1. The molecule has 0 saturated carbocycles. The number of thioether (sulfide) groups is 1. The number of aryl methyl sites for hydroxylation is 1. The summed E-state index contributed by atoms with van der Waals surface area (Å²) >= 11 is 1.94. The van der Waals surface area contributed by atoms with Gasteiger partial charge in [-0.05, 0) is 0 Å². The summed E-state index contributed by atoms with van der Waals surface area (Å²) in [7, 11) is 1.81. The summed E-state index contributed by atoms with van der Waals surface area (Å²) in [5.41, 5.74) is -0.268. The molecule has 72 valence electrons. The molecule has 0 radical (unpaired) electrons. The Bertz CT molecular complexity index is 339. The predicted octanol–water partition coefficient (Wildman–Crippen LogP) is -0.338. The van der Waals surface area contributed by atoms with Crippen LogP contribution in [0.25, 0.3) is 0 Å². The van der Waals surface area contributed by atoms with Crippen molar-refractivity contribution in [2.75, 3.05) is 29.5 Å². The van der Waals surface area contributed by atoms with Crippen LogP contribution in [0.2, 0.25) is 0 Å². The van der Waals surface area contributed by atoms with Gasteiger partial charge < -0.3 is 4.90 Å². The van der Waals surface area contributed by atoms with Gasteiger partial charge in [-0.25, -0.2) is 9.89 Å². The molecular weight excluding hydrogens is 188 g/mol. The zero-order valence-corrected chi connectivity index (χ0v) is 8.30. The molecule has 2 heterocycles. The van der Waals surface area contributed by atoms with E-state index in [0.717, 1.165) is 30.5 Å². The van der Waals surface area contributed by atoms with Crippen molar-refractivity contribution in [2.24, 2.45) is 7.05 Å². The van der Waals surface area contributed by atoms with E-state index in [9.17, 15) is 4.79 Å². The average molecular weight is 200 g/mol. The Hall–Kier alpha value is -0.910. The number of aromatic amines is 1. The fraction of sp³-hybridized carbons (Fsp3) is 0.714. The van der Waals surface area contributed by atoms with E-state index in [2.05, 4.69) is 15.0 Å². The lowest BCUT2D eigenvalue weighted by molar-refractivity contribution is 0.710. The highest BCUT2D eigenvalue weighted by Gasteiger charge is 2.15. The average Bonchev–Trinajstić information content (AvgIpc) is 2.47. The van der Waals surface area contributed by atoms with Crippen molar-refractivity contribution in [1.82, 2.24) is 14.8 Å². The quantitative estimate of drug-likeness (QED) is 0.674. The maximum atomic E-state index is 10.9. The van der Waals surface area contributed by atoms with Gasteiger partial charge in [0.05, 0.1) is 0 Å². The van der Waals surface area contributed by atoms with Crippen molar-refractivity contribution in [2.45, 2.75) is 0 Å². The second kappa shape index (κ2) is 3.45. The zero-order valence-electron chi connectivity index (χ0n) is 7.49. The number of nitrogens with zero attached hydrogens (tertiary/aromatic N) is 3. The van der Waals surface area contributed by atoms with Gasteiger partial charge in [-0.15, -0.1) is 0 Å². The van der Waals surface area contributed by atoms with Crippen molar-refractivity contribution >= 4 is 17.7 Å². The first-order valence-electron chi connectivity index (χ1n) is 4.23. The molecule has 1 N–H and O–H groups in total. The molecule has 5 nitrogen and oxygen atoms in total. The van der Waals surface area contributed by atoms with Gasteiger partial charge in [0.15, 0.2) is 0 Å². The Morgan fingerprint density at radius 2 is 2.15 bits per heavy atom. The highest BCUT2D eigenvalue weighted by Crippen LogP contribution is 2.14. The predicted molar refractivity (Wildman–Crippen MR) is 53.4 cm³/mol. The molecule has 0 spiro atoms. The zero-order chi connectivity index (χ0) is 9.26. The van der Waals surface area contributed by atoms with Crippen LogP contribution in [0.5, 0.6) is 0 Å². The third kappa shape index (κ3) is 1.72. The van der Waals surface area contributed by atoms with Gasteiger partial charge >= 0.3 is 5.69 Å². The first-order chi connectivity index (χ1) is 6.27. The molecule has 0 aliphatic carbocycles. The first-order valence-corrected chi connectivity index (χ1v) is 5.38. The van der Waals surface area contributed by atoms with Crippen LogP contribution in [0.4, 0.5) is 5.95 Å². The van der Waals surface area contributed by atoms with Crippen molar-refractivity contribution < 1.29 is 0 Å². The molecule has 0 amide bonds. The molecule has 1 saturated heterocycles. The monoisotopic (exact) mass is 200 g/mol. The SMILES string of the molecule is Cn1[nH]c(=O)nc1N1CCSCC1. The lowest BCUT2D eigenvalue weighted by Gasteiger charge is -2.26. The maximum Gasteiger partial charge on any atom is 0.363 e. The van der Waals surface area contributed by atoms with Gasteiger partial charge in [-0.1, -0.05) is 0 Å². The first kappa shape index (κ1) is 8.68. The number of nitrogens with one attached hydrogen (secondary N) is 1. The van der Waals surface area contributed by atoms with Crippen LogP contribution in [0.3, 0.4) is 0 Å². The summed E-state index contributed by atoms with van der Waals surface area (Å²) in [6.45, 7) is 1.95. The Kier molecular flexibility index (Phi) is 2.30. The Labute approximate surface area is 80.1 Å². The van der Waals surface area contributed by atoms with Crippen LogP contribution in [0, 0.1) is 0 Å². The van der Waals surface area contributed by atoms with E-state index < -0.39 is 0 Å². The van der Waals surface area contributed by atoms with E-state index >= 15 is 0 Å². The van der Waals surface area contributed by atoms with Gasteiger partial charge in [0.25, 0.3) is 0 Å². The molecule has 0 atom stereocenters. The number of aromatic nitrogens is 3. The smallest absolute Gasteiger partial charge is 0.339 e. The van der Waals surface area contributed by atoms with Gasteiger partial charge in [-0.2, -0.15) is 16.7 Å². The third-order valence-electron chi connectivity index (χ3n) is 2.06. The molecule has 6 heteroatoms. The van der Waals surface area contributed by atoms with E-state index in [0.29, 0.717) is 0 Å². The lowest BCUT2D eigenvalue weighted by Crippen LogP contribution is -2.34. The number of hydrogen-bond donors (Lipinski definition) is 1. The second-order valence-corrected chi connectivity index (χ2v) is 4.21. The molecule has 1 aliphatic rings. The van der Waals surface area contributed by atoms with Crippen molar-refractivity contribution in [3.8, 4) is 0 Å². The highest BCUT2D eigenvalue weighted by molar-refractivity contribution is 7.99. The summed E-state index contributed by atoms with van der Waals surface area (Å²) in [6, 6.07) is 0. The van der Waals surface area contributed by atoms with E-state index in [-0.39, 0.29) is 5.69 Å². The van der Waals surface area contributed by atoms with E-state index in [1.165, 1.54) is 0 Å². The molecule has 13 heavy (non-hydrogen) atoms. The standard InChI is InChI=1S/C7H12N4OS/c1-10-7(8-6(12)9-10)11-2-4-13-5-3-11/h2-5H2,1H3,(H,9,12). The van der Waals surface area contributed by atoms with Crippen LogP contribution >= 0.6 is 11.8 Å². The molecule has 0 bridgehead atoms. The van der Waals surface area contributed by atoms with Crippen LogP contribution in [-0.2, 0) is 7.05 Å². The second-order valence-electron chi connectivity index (χ2n) is 2.99. The topological polar surface area (TPSA) is 53.9 Å². The molecule has 1 aromatic heterocycles. The Morgan fingerprint density at radius 3 is 2.69 bits per heavy atom. The molecule has 1 aliphatic heterocycles. The van der Waals surface area contributed by atoms with Gasteiger partial charge in [-0.3, -0.25) is 4.68 Å². The fourth-order valence-corrected chi connectivity index (χ4v) is 2.33. The van der Waals surface area contributed by atoms with Crippen molar-refractivity contribution in [1.29, 1.82) is 0 Å². The van der Waals surface area contributed by atoms with Gasteiger partial charge in [0.2, 0.25) is 5.95 Å². The summed E-state index contributed by atoms with van der Waals surface area (Å²) in [5.74, 6) is 2.98. The van der Waals surface area contributed by atoms with Gasteiger partial charge in [0, 0.05) is 31.6 Å². The van der Waals surface area contributed by atoms with E-state index in [4.69, 9.17) is 0 Å². The van der Waals surface area contributed by atoms with Crippen LogP contribution in [0.1, 0.15) is 0 Å². The molecule has 0 unspecified atom stereocenters. The molecular formula is C7H12N4OS. The minimum absolute atomic E-state index is 0.268. The Morgan fingerprint density at radius 1 is 1.46 bits per heavy atom. The summed E-state index contributed by atoms with van der Waals surface area (Å²) in [6.07, 6.45) is 0. The molecule has 1 fully saturated rings. The summed E-state index contributed by atoms with van der Waals surface area (Å²) in [4.78, 5) is 17.0. The van der Waals surface area contributed by atoms with Crippen LogP contribution in [0.15, 0.2) is 4.79 Å². The summed E-state index contributed by atoms with van der Waals surface area (Å²) in [5, 5.41) is 2.61. The van der Waals surface area contributed by atoms with Gasteiger partial charge in [0.1, 0.15) is 0 Å². The fourth-order valence-electron chi connectivity index (χ4n) is 1.43. The molecule has 2 rings (SSSR count). The third-order valence-corrected chi connectivity index (χ3v) is 3.00.